The Labute approximate surface area is 237 Å². The highest BCUT2D eigenvalue weighted by Crippen LogP contribution is 2.37. The molecule has 3 nitrogen and oxygen atoms in total. The van der Waals surface area contributed by atoms with E-state index >= 15 is 0 Å². The predicted octanol–water partition coefficient (Wildman–Crippen LogP) is 10.6. The molecule has 0 fully saturated rings. The summed E-state index contributed by atoms with van der Waals surface area (Å²) in [6.45, 7) is 16.0. The molecule has 1 rings (SSSR count). The number of unbranched alkanes of at least 4 members (excludes halogenated alkanes) is 15. The number of benzene rings is 1. The van der Waals surface area contributed by atoms with Gasteiger partial charge in [0.15, 0.2) is 0 Å². The molecule has 0 saturated carbocycles. The van der Waals surface area contributed by atoms with Gasteiger partial charge in [-0.15, -0.1) is 0 Å². The Morgan fingerprint density at radius 3 is 1.39 bits per heavy atom. The number of aryl methyl sites for hydroxylation is 1. The number of nitrogen functional groups attached to an aromatic ring is 1. The van der Waals surface area contributed by atoms with Gasteiger partial charge in [-0.3, -0.25) is 4.79 Å². The van der Waals surface area contributed by atoms with Crippen molar-refractivity contribution >= 4 is 11.7 Å². The molecular formula is C35H63NO2. The molecule has 0 aromatic heterocycles. The Bertz CT molecular complexity index is 734. The van der Waals surface area contributed by atoms with Gasteiger partial charge < -0.3 is 10.5 Å². The van der Waals surface area contributed by atoms with Crippen LogP contribution < -0.4 is 5.73 Å². The summed E-state index contributed by atoms with van der Waals surface area (Å²) in [5, 5.41) is 0. The van der Waals surface area contributed by atoms with E-state index in [-0.39, 0.29) is 16.8 Å². The number of carbonyl (C=O) groups is 1. The van der Waals surface area contributed by atoms with Gasteiger partial charge in [0.2, 0.25) is 0 Å². The monoisotopic (exact) mass is 529 g/mol. The van der Waals surface area contributed by atoms with Gasteiger partial charge in [-0.1, -0.05) is 157 Å². The van der Waals surface area contributed by atoms with Crippen LogP contribution in [0.15, 0.2) is 12.1 Å². The molecule has 1 aromatic carbocycles. The van der Waals surface area contributed by atoms with E-state index in [4.69, 9.17) is 10.5 Å². The van der Waals surface area contributed by atoms with Gasteiger partial charge in [0, 0.05) is 12.1 Å². The van der Waals surface area contributed by atoms with E-state index in [1.807, 2.05) is 0 Å². The largest absolute Gasteiger partial charge is 0.466 e. The van der Waals surface area contributed by atoms with E-state index in [2.05, 4.69) is 60.6 Å². The summed E-state index contributed by atoms with van der Waals surface area (Å²) in [4.78, 5) is 12.4. The minimum absolute atomic E-state index is 0.0339. The van der Waals surface area contributed by atoms with Crippen molar-refractivity contribution in [2.75, 3.05) is 12.3 Å². The van der Waals surface area contributed by atoms with Crippen LogP contribution in [0.5, 0.6) is 0 Å². The average molecular weight is 530 g/mol. The highest BCUT2D eigenvalue weighted by molar-refractivity contribution is 5.70. The van der Waals surface area contributed by atoms with Crippen molar-refractivity contribution in [3.8, 4) is 0 Å². The number of ether oxygens (including phenoxy) is 1. The van der Waals surface area contributed by atoms with Crippen LogP contribution in [0.4, 0.5) is 5.69 Å². The minimum Gasteiger partial charge on any atom is -0.466 e. The summed E-state index contributed by atoms with van der Waals surface area (Å²) >= 11 is 0. The summed E-state index contributed by atoms with van der Waals surface area (Å²) in [6, 6.07) is 4.38. The van der Waals surface area contributed by atoms with Crippen molar-refractivity contribution in [3.05, 3.63) is 28.8 Å². The lowest BCUT2D eigenvalue weighted by molar-refractivity contribution is -0.143. The molecule has 0 heterocycles. The van der Waals surface area contributed by atoms with Gasteiger partial charge in [0.05, 0.1) is 6.61 Å². The zero-order valence-electron chi connectivity index (χ0n) is 26.5. The zero-order valence-corrected chi connectivity index (χ0v) is 26.5. The highest BCUT2D eigenvalue weighted by atomic mass is 16.5. The molecule has 0 bridgehead atoms. The molecule has 3 heteroatoms. The van der Waals surface area contributed by atoms with Crippen molar-refractivity contribution in [2.24, 2.45) is 0 Å². The van der Waals surface area contributed by atoms with Gasteiger partial charge in [-0.05, 0) is 40.4 Å². The third kappa shape index (κ3) is 15.2. The molecule has 0 aliphatic carbocycles. The molecule has 0 aliphatic heterocycles. The number of carbonyl (C=O) groups excluding carboxylic acids is 1. The van der Waals surface area contributed by atoms with Gasteiger partial charge in [0.1, 0.15) is 0 Å². The van der Waals surface area contributed by atoms with Gasteiger partial charge in [-0.2, -0.15) is 0 Å². The zero-order chi connectivity index (χ0) is 28.4. The standard InChI is InChI=1S/C35H63NO2/c1-8-9-10-11-12-13-14-15-16-17-18-19-20-21-22-23-26-38-32(37)25-24-29-27-30(34(2,3)4)33(36)31(28-29)35(5,6)7/h27-28H,8-26,36H2,1-7H3. The molecule has 0 spiro atoms. The SMILES string of the molecule is CCCCCCCCCCCCCCCCCCOC(=O)CCc1cc(C(C)(C)C)c(N)c(C(C)(C)C)c1. The smallest absolute Gasteiger partial charge is 0.306 e. The molecule has 38 heavy (non-hydrogen) atoms. The lowest BCUT2D eigenvalue weighted by Gasteiger charge is -2.29. The first kappa shape index (κ1) is 34.5. The summed E-state index contributed by atoms with van der Waals surface area (Å²) in [5.41, 5.74) is 10.9. The van der Waals surface area contributed by atoms with Gasteiger partial charge in [-0.25, -0.2) is 0 Å². The Kier molecular flexibility index (Phi) is 17.0. The quantitative estimate of drug-likeness (QED) is 0.104. The Hall–Kier alpha value is -1.51. The van der Waals surface area contributed by atoms with E-state index in [0.717, 1.165) is 18.5 Å². The highest BCUT2D eigenvalue weighted by Gasteiger charge is 2.25. The van der Waals surface area contributed by atoms with E-state index in [9.17, 15) is 4.79 Å². The first-order valence-corrected chi connectivity index (χ1v) is 16.1. The fourth-order valence-corrected chi connectivity index (χ4v) is 5.25. The second-order valence-corrected chi connectivity index (χ2v) is 13.6. The number of rotatable bonds is 20. The predicted molar refractivity (Wildman–Crippen MR) is 167 cm³/mol. The van der Waals surface area contributed by atoms with Crippen molar-refractivity contribution < 1.29 is 9.53 Å². The second-order valence-electron chi connectivity index (χ2n) is 13.6. The van der Waals surface area contributed by atoms with E-state index < -0.39 is 0 Å². The lowest BCUT2D eigenvalue weighted by atomic mass is 9.77. The van der Waals surface area contributed by atoms with Crippen LogP contribution in [0.2, 0.25) is 0 Å². The average Bonchev–Trinajstić information content (AvgIpc) is 2.83. The number of hydrogen-bond acceptors (Lipinski definition) is 3. The van der Waals surface area contributed by atoms with E-state index in [1.54, 1.807) is 0 Å². The van der Waals surface area contributed by atoms with Crippen LogP contribution in [0.1, 0.15) is 174 Å². The first-order valence-electron chi connectivity index (χ1n) is 16.1. The summed E-state index contributed by atoms with van der Waals surface area (Å²) in [7, 11) is 0. The third-order valence-corrected chi connectivity index (χ3v) is 7.73. The minimum atomic E-state index is -0.0857. The molecule has 0 amide bonds. The lowest BCUT2D eigenvalue weighted by Crippen LogP contribution is -2.21. The Morgan fingerprint density at radius 2 is 1.03 bits per heavy atom. The number of esters is 1. The summed E-state index contributed by atoms with van der Waals surface area (Å²) in [5.74, 6) is -0.0857. The Morgan fingerprint density at radius 1 is 0.658 bits per heavy atom. The van der Waals surface area contributed by atoms with E-state index in [0.29, 0.717) is 19.4 Å². The number of nitrogens with two attached hydrogens (primary N) is 1. The molecule has 1 aromatic rings. The topological polar surface area (TPSA) is 52.3 Å². The van der Waals surface area contributed by atoms with Crippen molar-refractivity contribution in [1.82, 2.24) is 0 Å². The van der Waals surface area contributed by atoms with Crippen LogP contribution in [0.25, 0.3) is 0 Å². The van der Waals surface area contributed by atoms with Gasteiger partial charge >= 0.3 is 5.97 Å². The molecule has 0 aliphatic rings. The second kappa shape index (κ2) is 18.7. The number of hydrogen-bond donors (Lipinski definition) is 1. The molecule has 2 N–H and O–H groups in total. The summed E-state index contributed by atoms with van der Waals surface area (Å²) < 4.78 is 5.54. The maximum Gasteiger partial charge on any atom is 0.306 e. The van der Waals surface area contributed by atoms with Gasteiger partial charge in [0.25, 0.3) is 0 Å². The van der Waals surface area contributed by atoms with Crippen LogP contribution in [-0.2, 0) is 26.8 Å². The maximum atomic E-state index is 12.4. The molecule has 0 unspecified atom stereocenters. The molecule has 0 saturated heterocycles. The third-order valence-electron chi connectivity index (χ3n) is 7.73. The van der Waals surface area contributed by atoms with E-state index in [1.165, 1.54) is 107 Å². The van der Waals surface area contributed by atoms with Crippen LogP contribution in [0, 0.1) is 0 Å². The van der Waals surface area contributed by atoms with Crippen LogP contribution in [0.3, 0.4) is 0 Å². The number of anilines is 1. The van der Waals surface area contributed by atoms with Crippen molar-refractivity contribution in [2.45, 2.75) is 175 Å². The molecule has 0 atom stereocenters. The Balaban J connectivity index is 2.13. The first-order chi connectivity index (χ1) is 18.0. The normalized spacial score (nSPS) is 12.2. The molecule has 220 valence electrons. The van der Waals surface area contributed by atoms with Crippen LogP contribution in [-0.4, -0.2) is 12.6 Å². The summed E-state index contributed by atoms with van der Waals surface area (Å²) in [6.07, 6.45) is 22.7. The molecule has 0 radical (unpaired) electrons. The van der Waals surface area contributed by atoms with Crippen molar-refractivity contribution in [3.63, 3.8) is 0 Å². The maximum absolute atomic E-state index is 12.4. The fraction of sp³-hybridized carbons (Fsp3) is 0.800. The fourth-order valence-electron chi connectivity index (χ4n) is 5.25. The molecular weight excluding hydrogens is 466 g/mol. The van der Waals surface area contributed by atoms with Crippen molar-refractivity contribution in [1.29, 1.82) is 0 Å². The van der Waals surface area contributed by atoms with Crippen LogP contribution >= 0.6 is 0 Å².